The number of rotatable bonds is 8. The van der Waals surface area contributed by atoms with Crippen molar-refractivity contribution >= 4 is 29.0 Å². The molecule has 0 bridgehead atoms. The largest absolute Gasteiger partial charge is 0.393 e. The average molecular weight is 205 g/mol. The predicted molar refractivity (Wildman–Crippen MR) is 62.9 cm³/mol. The minimum Gasteiger partial charge on any atom is -0.393 e. The SMILES string of the molecule is CCCCCCSCCC(N)=S. The maximum Gasteiger partial charge on any atom is 0.0735 e. The minimum atomic E-state index is 0.649. The fourth-order valence-corrected chi connectivity index (χ4v) is 2.11. The first-order chi connectivity index (χ1) is 5.77. The molecule has 0 spiro atoms. The van der Waals surface area contributed by atoms with Crippen LogP contribution in [0.25, 0.3) is 0 Å². The van der Waals surface area contributed by atoms with Gasteiger partial charge in [-0.3, -0.25) is 0 Å². The summed E-state index contributed by atoms with van der Waals surface area (Å²) in [7, 11) is 0. The lowest BCUT2D eigenvalue weighted by atomic mass is 10.2. The molecule has 0 saturated heterocycles. The summed E-state index contributed by atoms with van der Waals surface area (Å²) in [5, 5.41) is 0. The first-order valence-electron chi connectivity index (χ1n) is 4.63. The van der Waals surface area contributed by atoms with Crippen molar-refractivity contribution in [3.05, 3.63) is 0 Å². The molecule has 12 heavy (non-hydrogen) atoms. The second-order valence-corrected chi connectivity index (χ2v) is 4.64. The van der Waals surface area contributed by atoms with Crippen molar-refractivity contribution in [3.8, 4) is 0 Å². The molecule has 0 amide bonds. The molecule has 3 heteroatoms. The Kier molecular flexibility index (Phi) is 9.52. The zero-order valence-electron chi connectivity index (χ0n) is 7.84. The molecule has 0 aliphatic heterocycles. The Hall–Kier alpha value is 0.240. The fraction of sp³-hybridized carbons (Fsp3) is 0.889. The van der Waals surface area contributed by atoms with Gasteiger partial charge in [0, 0.05) is 6.42 Å². The van der Waals surface area contributed by atoms with Crippen LogP contribution in [0, 0.1) is 0 Å². The van der Waals surface area contributed by atoms with Crippen LogP contribution in [0.1, 0.15) is 39.0 Å². The molecular weight excluding hydrogens is 186 g/mol. The van der Waals surface area contributed by atoms with Crippen LogP contribution in [-0.2, 0) is 0 Å². The van der Waals surface area contributed by atoms with Gasteiger partial charge in [-0.2, -0.15) is 11.8 Å². The number of unbranched alkanes of at least 4 members (excludes halogenated alkanes) is 3. The van der Waals surface area contributed by atoms with Crippen molar-refractivity contribution in [2.24, 2.45) is 5.73 Å². The van der Waals surface area contributed by atoms with Gasteiger partial charge in [0.25, 0.3) is 0 Å². The van der Waals surface area contributed by atoms with E-state index >= 15 is 0 Å². The Bertz CT molecular complexity index is 115. The molecule has 0 saturated carbocycles. The Balaban J connectivity index is 2.86. The fourth-order valence-electron chi connectivity index (χ4n) is 0.906. The highest BCUT2D eigenvalue weighted by Gasteiger charge is 1.91. The third kappa shape index (κ3) is 10.2. The van der Waals surface area contributed by atoms with E-state index in [9.17, 15) is 0 Å². The van der Waals surface area contributed by atoms with Crippen LogP contribution in [-0.4, -0.2) is 16.5 Å². The van der Waals surface area contributed by atoms with Crippen LogP contribution in [0.15, 0.2) is 0 Å². The summed E-state index contributed by atoms with van der Waals surface area (Å²) in [6.07, 6.45) is 6.30. The second kappa shape index (κ2) is 9.33. The summed E-state index contributed by atoms with van der Waals surface area (Å²) in [6.45, 7) is 2.24. The molecule has 0 aliphatic carbocycles. The standard InChI is InChI=1S/C9H19NS2/c1-2-3-4-5-7-12-8-6-9(10)11/h2-8H2,1H3,(H2,10,11). The van der Waals surface area contributed by atoms with Gasteiger partial charge in [-0.25, -0.2) is 0 Å². The third-order valence-electron chi connectivity index (χ3n) is 1.64. The molecule has 72 valence electrons. The van der Waals surface area contributed by atoms with Crippen molar-refractivity contribution in [3.63, 3.8) is 0 Å². The number of thioether (sulfide) groups is 1. The van der Waals surface area contributed by atoms with Gasteiger partial charge in [0.15, 0.2) is 0 Å². The molecule has 0 fully saturated rings. The van der Waals surface area contributed by atoms with E-state index in [0.29, 0.717) is 4.99 Å². The van der Waals surface area contributed by atoms with Gasteiger partial charge in [-0.1, -0.05) is 38.4 Å². The summed E-state index contributed by atoms with van der Waals surface area (Å²) in [5.41, 5.74) is 5.37. The molecule has 0 atom stereocenters. The number of nitrogens with two attached hydrogens (primary N) is 1. The highest BCUT2D eigenvalue weighted by Crippen LogP contribution is 2.08. The van der Waals surface area contributed by atoms with Gasteiger partial charge in [0.1, 0.15) is 0 Å². The molecule has 0 rings (SSSR count). The van der Waals surface area contributed by atoms with Crippen molar-refractivity contribution in [1.82, 2.24) is 0 Å². The van der Waals surface area contributed by atoms with Gasteiger partial charge >= 0.3 is 0 Å². The van der Waals surface area contributed by atoms with Crippen LogP contribution in [0.3, 0.4) is 0 Å². The summed E-state index contributed by atoms with van der Waals surface area (Å²) < 4.78 is 0. The maximum atomic E-state index is 5.37. The Morgan fingerprint density at radius 2 is 2.00 bits per heavy atom. The van der Waals surface area contributed by atoms with Gasteiger partial charge in [0.2, 0.25) is 0 Å². The molecule has 2 N–H and O–H groups in total. The first kappa shape index (κ1) is 12.2. The lowest BCUT2D eigenvalue weighted by molar-refractivity contribution is 0.706. The van der Waals surface area contributed by atoms with E-state index < -0.39 is 0 Å². The topological polar surface area (TPSA) is 26.0 Å². The summed E-state index contributed by atoms with van der Waals surface area (Å²) in [6, 6.07) is 0. The van der Waals surface area contributed by atoms with E-state index in [2.05, 4.69) is 6.92 Å². The minimum absolute atomic E-state index is 0.649. The highest BCUT2D eigenvalue weighted by molar-refractivity contribution is 7.99. The van der Waals surface area contributed by atoms with E-state index in [1.807, 2.05) is 11.8 Å². The van der Waals surface area contributed by atoms with E-state index in [0.717, 1.165) is 12.2 Å². The summed E-state index contributed by atoms with van der Waals surface area (Å²) >= 11 is 6.74. The quantitative estimate of drug-likeness (QED) is 0.487. The lowest BCUT2D eigenvalue weighted by Crippen LogP contribution is -2.08. The van der Waals surface area contributed by atoms with Crippen LogP contribution < -0.4 is 5.73 Å². The normalized spacial score (nSPS) is 10.1. The molecule has 0 aromatic rings. The monoisotopic (exact) mass is 205 g/mol. The van der Waals surface area contributed by atoms with Gasteiger partial charge in [0.05, 0.1) is 4.99 Å². The number of hydrogen-bond donors (Lipinski definition) is 1. The predicted octanol–water partition coefficient (Wildman–Crippen LogP) is 2.98. The maximum absolute atomic E-state index is 5.37. The van der Waals surface area contributed by atoms with E-state index in [-0.39, 0.29) is 0 Å². The van der Waals surface area contributed by atoms with Crippen LogP contribution in [0.5, 0.6) is 0 Å². The molecule has 0 unspecified atom stereocenters. The van der Waals surface area contributed by atoms with Crippen LogP contribution in [0.4, 0.5) is 0 Å². The van der Waals surface area contributed by atoms with E-state index in [1.54, 1.807) is 0 Å². The van der Waals surface area contributed by atoms with Crippen molar-refractivity contribution in [2.75, 3.05) is 11.5 Å². The first-order valence-corrected chi connectivity index (χ1v) is 6.19. The molecule has 0 aromatic heterocycles. The van der Waals surface area contributed by atoms with Crippen molar-refractivity contribution < 1.29 is 0 Å². The zero-order valence-corrected chi connectivity index (χ0v) is 9.48. The zero-order chi connectivity index (χ0) is 9.23. The average Bonchev–Trinajstić information content (AvgIpc) is 2.02. The third-order valence-corrected chi connectivity index (χ3v) is 2.91. The van der Waals surface area contributed by atoms with Crippen LogP contribution >= 0.6 is 24.0 Å². The van der Waals surface area contributed by atoms with Crippen molar-refractivity contribution in [2.45, 2.75) is 39.0 Å². The van der Waals surface area contributed by atoms with Crippen LogP contribution in [0.2, 0.25) is 0 Å². The number of thiocarbonyl (C=S) groups is 1. The van der Waals surface area contributed by atoms with E-state index in [4.69, 9.17) is 18.0 Å². The van der Waals surface area contributed by atoms with E-state index in [1.165, 1.54) is 31.4 Å². The number of hydrogen-bond acceptors (Lipinski definition) is 2. The van der Waals surface area contributed by atoms with Gasteiger partial charge < -0.3 is 5.73 Å². The Morgan fingerprint density at radius 3 is 2.58 bits per heavy atom. The molecular formula is C9H19NS2. The molecule has 0 heterocycles. The molecule has 1 nitrogen and oxygen atoms in total. The smallest absolute Gasteiger partial charge is 0.0735 e. The van der Waals surface area contributed by atoms with Gasteiger partial charge in [-0.05, 0) is 17.9 Å². The molecule has 0 radical (unpaired) electrons. The summed E-state index contributed by atoms with van der Waals surface area (Å²) in [4.78, 5) is 0.649. The van der Waals surface area contributed by atoms with Crippen molar-refractivity contribution in [1.29, 1.82) is 0 Å². The Morgan fingerprint density at radius 1 is 1.25 bits per heavy atom. The van der Waals surface area contributed by atoms with Gasteiger partial charge in [-0.15, -0.1) is 0 Å². The second-order valence-electron chi connectivity index (χ2n) is 2.89. The summed E-state index contributed by atoms with van der Waals surface area (Å²) in [5.74, 6) is 2.37. The molecule has 0 aromatic carbocycles. The lowest BCUT2D eigenvalue weighted by Gasteiger charge is -1.99. The molecule has 0 aliphatic rings. The Labute approximate surface area is 85.5 Å². The highest BCUT2D eigenvalue weighted by atomic mass is 32.2.